The summed E-state index contributed by atoms with van der Waals surface area (Å²) in [5, 5.41) is 5.29. The van der Waals surface area contributed by atoms with Crippen molar-refractivity contribution in [3.05, 3.63) is 47.7 Å². The Morgan fingerprint density at radius 2 is 1.94 bits per heavy atom. The summed E-state index contributed by atoms with van der Waals surface area (Å²) in [5.74, 6) is -6.23. The Bertz CT molecular complexity index is 1020. The van der Waals surface area contributed by atoms with Crippen molar-refractivity contribution in [3.8, 4) is 5.75 Å². The van der Waals surface area contributed by atoms with Crippen molar-refractivity contribution in [3.63, 3.8) is 0 Å². The molecule has 32 heavy (non-hydrogen) atoms. The van der Waals surface area contributed by atoms with Crippen LogP contribution in [0.2, 0.25) is 0 Å². The number of anilines is 2. The maximum Gasteiger partial charge on any atom is 0.417 e. The second-order valence-electron chi connectivity index (χ2n) is 7.61. The van der Waals surface area contributed by atoms with Gasteiger partial charge in [-0.25, -0.2) is 9.37 Å². The Labute approximate surface area is 181 Å². The minimum atomic E-state index is -4.83. The number of nitrogens with one attached hydrogen (secondary N) is 2. The monoisotopic (exact) mass is 459 g/mol. The lowest BCUT2D eigenvalue weighted by Crippen LogP contribution is -2.47. The molecule has 0 aliphatic carbocycles. The third kappa shape index (κ3) is 3.96. The third-order valence-corrected chi connectivity index (χ3v) is 5.85. The van der Waals surface area contributed by atoms with E-state index in [1.54, 1.807) is 7.05 Å². The molecule has 1 saturated heterocycles. The lowest BCUT2D eigenvalue weighted by molar-refractivity contribution is -0.272. The number of hydrogen-bond donors (Lipinski definition) is 2. The van der Waals surface area contributed by atoms with Crippen molar-refractivity contribution in [2.75, 3.05) is 24.8 Å². The average molecular weight is 459 g/mol. The third-order valence-electron chi connectivity index (χ3n) is 5.85. The van der Waals surface area contributed by atoms with Crippen LogP contribution in [-0.4, -0.2) is 42.9 Å². The second kappa shape index (κ2) is 8.53. The molecule has 2 N–H and O–H groups in total. The summed E-state index contributed by atoms with van der Waals surface area (Å²) in [6.07, 6.45) is -5.10. The number of methoxy groups -OCH3 is 1. The SMILES string of the molecule is CNc1cc(NC(=O)[C@@H]2O[C@@](C)(C(F)(F)F)[C@@H](C)[C@H]2c2ccc(F)c(F)c2OC)ccn1. The number of aromatic nitrogens is 1. The molecule has 3 rings (SSSR count). The van der Waals surface area contributed by atoms with Gasteiger partial charge in [0.15, 0.2) is 17.2 Å². The minimum Gasteiger partial charge on any atom is -0.493 e. The number of nitrogens with zero attached hydrogens (tertiary/aromatic N) is 1. The van der Waals surface area contributed by atoms with Crippen molar-refractivity contribution in [1.82, 2.24) is 4.98 Å². The van der Waals surface area contributed by atoms with Gasteiger partial charge in [-0.1, -0.05) is 13.0 Å². The van der Waals surface area contributed by atoms with Crippen LogP contribution >= 0.6 is 0 Å². The highest BCUT2D eigenvalue weighted by atomic mass is 19.4. The molecule has 2 heterocycles. The maximum atomic E-state index is 14.4. The molecule has 1 aromatic carbocycles. The molecule has 1 aromatic heterocycles. The highest BCUT2D eigenvalue weighted by Gasteiger charge is 2.65. The first-order chi connectivity index (χ1) is 14.9. The van der Waals surface area contributed by atoms with Crippen molar-refractivity contribution >= 4 is 17.4 Å². The highest BCUT2D eigenvalue weighted by molar-refractivity contribution is 5.95. The van der Waals surface area contributed by atoms with E-state index < -0.39 is 53.0 Å². The second-order valence-corrected chi connectivity index (χ2v) is 7.61. The molecule has 0 spiro atoms. The molecule has 0 saturated carbocycles. The number of alkyl halides is 3. The van der Waals surface area contributed by atoms with Crippen molar-refractivity contribution in [2.45, 2.75) is 37.6 Å². The molecule has 1 amide bonds. The lowest BCUT2D eigenvalue weighted by Gasteiger charge is -2.32. The summed E-state index contributed by atoms with van der Waals surface area (Å²) in [7, 11) is 2.67. The van der Waals surface area contributed by atoms with Crippen LogP contribution < -0.4 is 15.4 Å². The molecule has 11 heteroatoms. The number of carbonyl (C=O) groups is 1. The van der Waals surface area contributed by atoms with Gasteiger partial charge in [-0.2, -0.15) is 17.6 Å². The van der Waals surface area contributed by atoms with Crippen LogP contribution in [0.1, 0.15) is 25.3 Å². The van der Waals surface area contributed by atoms with E-state index >= 15 is 0 Å². The number of rotatable bonds is 5. The van der Waals surface area contributed by atoms with Crippen LogP contribution in [0.4, 0.5) is 33.5 Å². The average Bonchev–Trinajstić information content (AvgIpc) is 3.02. The van der Waals surface area contributed by atoms with E-state index in [0.717, 1.165) is 26.2 Å². The van der Waals surface area contributed by atoms with Crippen LogP contribution in [0.25, 0.3) is 0 Å². The molecule has 174 valence electrons. The van der Waals surface area contributed by atoms with Gasteiger partial charge in [0.1, 0.15) is 11.9 Å². The number of carbonyl (C=O) groups excluding carboxylic acids is 1. The topological polar surface area (TPSA) is 72.5 Å². The molecule has 1 fully saturated rings. The molecule has 0 radical (unpaired) electrons. The maximum absolute atomic E-state index is 14.4. The van der Waals surface area contributed by atoms with Gasteiger partial charge in [0.2, 0.25) is 5.82 Å². The molecule has 0 bridgehead atoms. The van der Waals surface area contributed by atoms with Crippen LogP contribution in [0, 0.1) is 17.6 Å². The van der Waals surface area contributed by atoms with Crippen LogP contribution in [0.5, 0.6) is 5.75 Å². The fraction of sp³-hybridized carbons (Fsp3) is 0.429. The zero-order valence-electron chi connectivity index (χ0n) is 17.7. The standard InChI is InChI=1S/C21H22F5N3O3/c1-10-15(12-5-6-13(22)16(23)17(12)31-4)18(32-20(10,2)21(24,25)26)19(30)29-11-7-8-28-14(9-11)27-3/h5-10,15,18H,1-4H3,(H2,27,28,29,30)/t10-,15-,18+,20+/m0/s1. The molecule has 0 unspecified atom stereocenters. The molecule has 6 nitrogen and oxygen atoms in total. The van der Waals surface area contributed by atoms with E-state index in [4.69, 9.17) is 9.47 Å². The zero-order valence-corrected chi connectivity index (χ0v) is 17.7. The van der Waals surface area contributed by atoms with Crippen LogP contribution in [0.15, 0.2) is 30.5 Å². The number of benzene rings is 1. The molecule has 2 aromatic rings. The summed E-state index contributed by atoms with van der Waals surface area (Å²) in [6, 6.07) is 4.81. The predicted octanol–water partition coefficient (Wildman–Crippen LogP) is 4.49. The molecule has 1 aliphatic rings. The Morgan fingerprint density at radius 1 is 1.25 bits per heavy atom. The summed E-state index contributed by atoms with van der Waals surface area (Å²) in [6.45, 7) is 2.08. The van der Waals surface area contributed by atoms with Gasteiger partial charge in [0, 0.05) is 42.4 Å². The van der Waals surface area contributed by atoms with Gasteiger partial charge in [-0.05, 0) is 19.1 Å². The van der Waals surface area contributed by atoms with E-state index in [1.807, 2.05) is 0 Å². The lowest BCUT2D eigenvalue weighted by atomic mass is 9.77. The Morgan fingerprint density at radius 3 is 2.53 bits per heavy atom. The van der Waals surface area contributed by atoms with E-state index in [1.165, 1.54) is 25.3 Å². The van der Waals surface area contributed by atoms with Gasteiger partial charge in [0.05, 0.1) is 7.11 Å². The molecular formula is C21H22F5N3O3. The van der Waals surface area contributed by atoms with Gasteiger partial charge < -0.3 is 20.1 Å². The largest absolute Gasteiger partial charge is 0.493 e. The number of ether oxygens (including phenoxy) is 2. The first kappa shape index (κ1) is 23.7. The first-order valence-electron chi connectivity index (χ1n) is 9.65. The summed E-state index contributed by atoms with van der Waals surface area (Å²) in [4.78, 5) is 17.1. The smallest absolute Gasteiger partial charge is 0.417 e. The quantitative estimate of drug-likeness (QED) is 0.645. The Kier molecular flexibility index (Phi) is 6.32. The van der Waals surface area contributed by atoms with Crippen LogP contribution in [-0.2, 0) is 9.53 Å². The normalized spacial score (nSPS) is 25.5. The van der Waals surface area contributed by atoms with Crippen molar-refractivity contribution in [1.29, 1.82) is 0 Å². The van der Waals surface area contributed by atoms with Gasteiger partial charge in [-0.15, -0.1) is 0 Å². The van der Waals surface area contributed by atoms with Gasteiger partial charge in [0.25, 0.3) is 5.91 Å². The minimum absolute atomic E-state index is 0.0994. The predicted molar refractivity (Wildman–Crippen MR) is 107 cm³/mol. The number of halogens is 5. The van der Waals surface area contributed by atoms with Gasteiger partial charge >= 0.3 is 6.18 Å². The fourth-order valence-corrected chi connectivity index (χ4v) is 3.90. The van der Waals surface area contributed by atoms with Crippen molar-refractivity contribution in [2.24, 2.45) is 5.92 Å². The van der Waals surface area contributed by atoms with Crippen LogP contribution in [0.3, 0.4) is 0 Å². The first-order valence-corrected chi connectivity index (χ1v) is 9.65. The molecular weight excluding hydrogens is 437 g/mol. The summed E-state index contributed by atoms with van der Waals surface area (Å²) < 4.78 is 80.1. The Hall–Kier alpha value is -2.95. The fourth-order valence-electron chi connectivity index (χ4n) is 3.90. The van der Waals surface area contributed by atoms with Crippen molar-refractivity contribution < 1.29 is 36.2 Å². The van der Waals surface area contributed by atoms with Gasteiger partial charge in [-0.3, -0.25) is 4.79 Å². The summed E-state index contributed by atoms with van der Waals surface area (Å²) in [5.41, 5.74) is -2.55. The number of hydrogen-bond acceptors (Lipinski definition) is 5. The zero-order chi connectivity index (χ0) is 23.8. The number of amides is 1. The number of pyridine rings is 1. The molecule has 4 atom stereocenters. The molecule has 1 aliphatic heterocycles. The summed E-state index contributed by atoms with van der Waals surface area (Å²) >= 11 is 0. The van der Waals surface area contributed by atoms with E-state index in [2.05, 4.69) is 15.6 Å². The highest BCUT2D eigenvalue weighted by Crippen LogP contribution is 2.55. The van der Waals surface area contributed by atoms with E-state index in [0.29, 0.717) is 5.82 Å². The van der Waals surface area contributed by atoms with E-state index in [9.17, 15) is 26.7 Å². The van der Waals surface area contributed by atoms with E-state index in [-0.39, 0.29) is 11.3 Å². The Balaban J connectivity index is 2.07.